The van der Waals surface area contributed by atoms with Gasteiger partial charge in [0.2, 0.25) is 5.89 Å². The molecule has 0 fully saturated rings. The van der Waals surface area contributed by atoms with Gasteiger partial charge in [-0.2, -0.15) is 0 Å². The molecule has 0 atom stereocenters. The van der Waals surface area contributed by atoms with Crippen molar-refractivity contribution in [2.24, 2.45) is 0 Å². The Morgan fingerprint density at radius 3 is 2.47 bits per heavy atom. The van der Waals surface area contributed by atoms with E-state index in [0.29, 0.717) is 11.7 Å². The number of rotatable bonds is 2. The van der Waals surface area contributed by atoms with Crippen LogP contribution < -0.4 is 0 Å². The van der Waals surface area contributed by atoms with Crippen molar-refractivity contribution in [3.8, 4) is 11.5 Å². The Morgan fingerprint density at radius 2 is 1.94 bits per heavy atom. The SMILES string of the molecule is Cc1ccc(-c2nc(C(=O)O)c(C)o2)cc1C. The van der Waals surface area contributed by atoms with Gasteiger partial charge < -0.3 is 9.52 Å². The first-order valence-corrected chi connectivity index (χ1v) is 5.27. The van der Waals surface area contributed by atoms with Crippen LogP contribution in [0.3, 0.4) is 0 Å². The van der Waals surface area contributed by atoms with Crippen molar-refractivity contribution in [1.29, 1.82) is 0 Å². The summed E-state index contributed by atoms with van der Waals surface area (Å²) < 4.78 is 5.36. The molecule has 0 aliphatic heterocycles. The molecule has 0 bridgehead atoms. The molecule has 4 nitrogen and oxygen atoms in total. The monoisotopic (exact) mass is 231 g/mol. The maximum atomic E-state index is 10.9. The van der Waals surface area contributed by atoms with Crippen LogP contribution in [0.25, 0.3) is 11.5 Å². The number of carboxylic acids is 1. The van der Waals surface area contributed by atoms with Crippen LogP contribution >= 0.6 is 0 Å². The van der Waals surface area contributed by atoms with Crippen molar-refractivity contribution < 1.29 is 14.3 Å². The fourth-order valence-corrected chi connectivity index (χ4v) is 1.59. The number of aromatic nitrogens is 1. The van der Waals surface area contributed by atoms with Crippen LogP contribution in [0, 0.1) is 20.8 Å². The van der Waals surface area contributed by atoms with Crippen molar-refractivity contribution >= 4 is 5.97 Å². The van der Waals surface area contributed by atoms with Crippen LogP contribution in [-0.2, 0) is 0 Å². The van der Waals surface area contributed by atoms with E-state index in [2.05, 4.69) is 4.98 Å². The van der Waals surface area contributed by atoms with Crippen LogP contribution in [-0.4, -0.2) is 16.1 Å². The number of hydrogen-bond acceptors (Lipinski definition) is 3. The number of hydrogen-bond donors (Lipinski definition) is 1. The van der Waals surface area contributed by atoms with Gasteiger partial charge in [0, 0.05) is 5.56 Å². The van der Waals surface area contributed by atoms with Crippen LogP contribution in [0.5, 0.6) is 0 Å². The molecule has 1 aromatic heterocycles. The summed E-state index contributed by atoms with van der Waals surface area (Å²) in [6, 6.07) is 5.77. The van der Waals surface area contributed by atoms with Crippen molar-refractivity contribution in [3.05, 3.63) is 40.8 Å². The number of aromatic carboxylic acids is 1. The summed E-state index contributed by atoms with van der Waals surface area (Å²) in [6.07, 6.45) is 0. The molecular formula is C13H13NO3. The van der Waals surface area contributed by atoms with E-state index in [1.165, 1.54) is 5.56 Å². The lowest BCUT2D eigenvalue weighted by molar-refractivity contribution is 0.0689. The lowest BCUT2D eigenvalue weighted by Gasteiger charge is -2.01. The van der Waals surface area contributed by atoms with Crippen LogP contribution in [0.1, 0.15) is 27.4 Å². The average Bonchev–Trinajstić information content (AvgIpc) is 2.64. The van der Waals surface area contributed by atoms with E-state index in [0.717, 1.165) is 11.1 Å². The summed E-state index contributed by atoms with van der Waals surface area (Å²) in [5.41, 5.74) is 3.06. The van der Waals surface area contributed by atoms with Gasteiger partial charge >= 0.3 is 5.97 Å². The Hall–Kier alpha value is -2.10. The molecule has 1 aromatic carbocycles. The second-order valence-electron chi connectivity index (χ2n) is 4.03. The second kappa shape index (κ2) is 4.05. The molecule has 0 aliphatic carbocycles. The van der Waals surface area contributed by atoms with Crippen molar-refractivity contribution in [2.45, 2.75) is 20.8 Å². The Labute approximate surface area is 98.9 Å². The third-order valence-electron chi connectivity index (χ3n) is 2.75. The highest BCUT2D eigenvalue weighted by Gasteiger charge is 2.16. The molecule has 88 valence electrons. The molecule has 0 amide bonds. The van der Waals surface area contributed by atoms with Crippen LogP contribution in [0.2, 0.25) is 0 Å². The highest BCUT2D eigenvalue weighted by molar-refractivity contribution is 5.87. The normalized spacial score (nSPS) is 10.5. The van der Waals surface area contributed by atoms with E-state index in [1.54, 1.807) is 6.92 Å². The summed E-state index contributed by atoms with van der Waals surface area (Å²) in [5, 5.41) is 8.90. The van der Waals surface area contributed by atoms with Gasteiger partial charge in [-0.15, -0.1) is 0 Å². The molecule has 17 heavy (non-hydrogen) atoms. The van der Waals surface area contributed by atoms with Gasteiger partial charge in [0.25, 0.3) is 0 Å². The predicted molar refractivity (Wildman–Crippen MR) is 63.1 cm³/mol. The van der Waals surface area contributed by atoms with E-state index in [-0.39, 0.29) is 5.69 Å². The quantitative estimate of drug-likeness (QED) is 0.863. The Balaban J connectivity index is 2.50. The topological polar surface area (TPSA) is 63.3 Å². The first-order valence-electron chi connectivity index (χ1n) is 5.27. The molecule has 0 saturated carbocycles. The summed E-state index contributed by atoms with van der Waals surface area (Å²) in [4.78, 5) is 14.8. The molecule has 1 heterocycles. The van der Waals surface area contributed by atoms with Gasteiger partial charge in [-0.1, -0.05) is 6.07 Å². The zero-order chi connectivity index (χ0) is 12.6. The van der Waals surface area contributed by atoms with E-state index < -0.39 is 5.97 Å². The maximum Gasteiger partial charge on any atom is 0.358 e. The smallest absolute Gasteiger partial charge is 0.358 e. The third-order valence-corrected chi connectivity index (χ3v) is 2.75. The Morgan fingerprint density at radius 1 is 1.24 bits per heavy atom. The minimum absolute atomic E-state index is 0.0294. The highest BCUT2D eigenvalue weighted by atomic mass is 16.4. The number of oxazole rings is 1. The predicted octanol–water partition coefficient (Wildman–Crippen LogP) is 2.97. The van der Waals surface area contributed by atoms with E-state index >= 15 is 0 Å². The Kier molecular flexibility index (Phi) is 2.71. The largest absolute Gasteiger partial charge is 0.476 e. The van der Waals surface area contributed by atoms with Gasteiger partial charge in [0.05, 0.1) is 0 Å². The molecule has 2 rings (SSSR count). The zero-order valence-corrected chi connectivity index (χ0v) is 9.94. The number of carbonyl (C=O) groups is 1. The van der Waals surface area contributed by atoms with Crippen molar-refractivity contribution in [3.63, 3.8) is 0 Å². The molecule has 1 N–H and O–H groups in total. The summed E-state index contributed by atoms with van der Waals surface area (Å²) in [7, 11) is 0. The van der Waals surface area contributed by atoms with Gasteiger partial charge in [-0.3, -0.25) is 0 Å². The van der Waals surface area contributed by atoms with E-state index in [1.807, 2.05) is 32.0 Å². The minimum Gasteiger partial charge on any atom is -0.476 e. The highest BCUT2D eigenvalue weighted by Crippen LogP contribution is 2.23. The van der Waals surface area contributed by atoms with Crippen molar-refractivity contribution in [2.75, 3.05) is 0 Å². The lowest BCUT2D eigenvalue weighted by Crippen LogP contribution is -1.98. The first kappa shape index (κ1) is 11.4. The third kappa shape index (κ3) is 2.06. The lowest BCUT2D eigenvalue weighted by atomic mass is 10.1. The number of nitrogens with zero attached hydrogens (tertiary/aromatic N) is 1. The molecule has 4 heteroatoms. The number of aryl methyl sites for hydroxylation is 3. The molecular weight excluding hydrogens is 218 g/mol. The minimum atomic E-state index is -1.07. The number of carboxylic acid groups (broad SMARTS) is 1. The fraction of sp³-hybridized carbons (Fsp3) is 0.231. The second-order valence-corrected chi connectivity index (χ2v) is 4.03. The molecule has 0 spiro atoms. The van der Waals surface area contributed by atoms with E-state index in [9.17, 15) is 4.79 Å². The standard InChI is InChI=1S/C13H13NO3/c1-7-4-5-10(6-8(7)2)12-14-11(13(15)16)9(3)17-12/h4-6H,1-3H3,(H,15,16). The molecule has 0 aliphatic rings. The zero-order valence-electron chi connectivity index (χ0n) is 9.94. The maximum absolute atomic E-state index is 10.9. The molecule has 0 saturated heterocycles. The van der Waals surface area contributed by atoms with Gasteiger partial charge in [-0.05, 0) is 44.0 Å². The molecule has 2 aromatic rings. The molecule has 0 radical (unpaired) electrons. The van der Waals surface area contributed by atoms with Gasteiger partial charge in [0.15, 0.2) is 5.69 Å². The first-order chi connectivity index (χ1) is 7.99. The summed E-state index contributed by atoms with van der Waals surface area (Å²) >= 11 is 0. The number of benzene rings is 1. The van der Waals surface area contributed by atoms with Gasteiger partial charge in [-0.25, -0.2) is 9.78 Å². The summed E-state index contributed by atoms with van der Waals surface area (Å²) in [5.74, 6) is -0.393. The fourth-order valence-electron chi connectivity index (χ4n) is 1.59. The van der Waals surface area contributed by atoms with Crippen LogP contribution in [0.4, 0.5) is 0 Å². The van der Waals surface area contributed by atoms with E-state index in [4.69, 9.17) is 9.52 Å². The van der Waals surface area contributed by atoms with Crippen LogP contribution in [0.15, 0.2) is 22.6 Å². The Bertz CT molecular complexity index is 584. The van der Waals surface area contributed by atoms with Gasteiger partial charge in [0.1, 0.15) is 5.76 Å². The summed E-state index contributed by atoms with van der Waals surface area (Å²) in [6.45, 7) is 5.61. The molecule has 0 unspecified atom stereocenters. The van der Waals surface area contributed by atoms with Crippen molar-refractivity contribution in [1.82, 2.24) is 4.98 Å². The average molecular weight is 231 g/mol.